The molecule has 4 heterocycles. The van der Waals surface area contributed by atoms with Gasteiger partial charge in [0.1, 0.15) is 23.3 Å². The van der Waals surface area contributed by atoms with E-state index in [1.54, 1.807) is 26.6 Å². The number of nitrogens with zero attached hydrogens (tertiary/aromatic N) is 2. The average molecular weight is 527 g/mol. The van der Waals surface area contributed by atoms with Crippen molar-refractivity contribution in [1.82, 2.24) is 9.97 Å². The number of nitrogens with one attached hydrogen (secondary N) is 2. The molecule has 2 aromatic carbocycles. The first-order valence-electron chi connectivity index (χ1n) is 12.9. The molecule has 6 rings (SSSR count). The molecule has 1 saturated heterocycles. The van der Waals surface area contributed by atoms with Crippen molar-refractivity contribution >= 4 is 11.4 Å². The van der Waals surface area contributed by atoms with Crippen LogP contribution in [0, 0.1) is 0 Å². The van der Waals surface area contributed by atoms with Gasteiger partial charge < -0.3 is 34.1 Å². The van der Waals surface area contributed by atoms with Gasteiger partial charge in [0.25, 0.3) is 11.4 Å². The molecule has 0 bridgehead atoms. The number of anilines is 2. The van der Waals surface area contributed by atoms with Crippen molar-refractivity contribution < 1.29 is 18.9 Å². The molecule has 0 radical (unpaired) electrons. The van der Waals surface area contributed by atoms with Crippen LogP contribution in [0.4, 0.5) is 11.4 Å². The maximum absolute atomic E-state index is 12.4. The fourth-order valence-corrected chi connectivity index (χ4v) is 5.16. The van der Waals surface area contributed by atoms with E-state index in [9.17, 15) is 4.79 Å². The molecular weight excluding hydrogens is 496 g/mol. The lowest BCUT2D eigenvalue weighted by molar-refractivity contribution is 0.0383. The number of rotatable bonds is 7. The van der Waals surface area contributed by atoms with Crippen LogP contribution in [0.1, 0.15) is 28.4 Å². The summed E-state index contributed by atoms with van der Waals surface area (Å²) in [5.74, 6) is 2.74. The van der Waals surface area contributed by atoms with Crippen LogP contribution in [0.2, 0.25) is 0 Å². The molecule has 0 aliphatic carbocycles. The third-order valence-electron chi connectivity index (χ3n) is 7.12. The number of methoxy groups -OCH3 is 2. The quantitative estimate of drug-likeness (QED) is 0.316. The van der Waals surface area contributed by atoms with Gasteiger partial charge in [0, 0.05) is 55.3 Å². The first-order chi connectivity index (χ1) is 19.1. The number of morpholine rings is 1. The molecule has 0 amide bonds. The molecule has 2 aliphatic rings. The minimum absolute atomic E-state index is 0.0924. The maximum atomic E-state index is 12.4. The fraction of sp³-hybridized carbons (Fsp3) is 0.267. The summed E-state index contributed by atoms with van der Waals surface area (Å²) in [6, 6.07) is 18.0. The van der Waals surface area contributed by atoms with Gasteiger partial charge in [-0.2, -0.15) is 0 Å². The second kappa shape index (κ2) is 10.7. The van der Waals surface area contributed by atoms with Crippen molar-refractivity contribution in [2.24, 2.45) is 0 Å². The summed E-state index contributed by atoms with van der Waals surface area (Å²) < 4.78 is 23.2. The van der Waals surface area contributed by atoms with Crippen molar-refractivity contribution in [2.75, 3.05) is 44.1 Å². The Labute approximate surface area is 226 Å². The molecule has 200 valence electrons. The molecule has 9 heteroatoms. The van der Waals surface area contributed by atoms with Crippen LogP contribution in [-0.2, 0) is 17.7 Å². The summed E-state index contributed by atoms with van der Waals surface area (Å²) >= 11 is 0. The first kappa shape index (κ1) is 24.8. The first-order valence-corrected chi connectivity index (χ1v) is 12.9. The minimum atomic E-state index is -0.203. The van der Waals surface area contributed by atoms with Crippen molar-refractivity contribution in [2.45, 2.75) is 19.1 Å². The van der Waals surface area contributed by atoms with Gasteiger partial charge in [-0.25, -0.2) is 4.98 Å². The topological polar surface area (TPSA) is 97.9 Å². The number of H-pyrrole nitrogens is 1. The van der Waals surface area contributed by atoms with Gasteiger partial charge in [0.2, 0.25) is 0 Å². The van der Waals surface area contributed by atoms with E-state index < -0.39 is 0 Å². The van der Waals surface area contributed by atoms with Crippen molar-refractivity contribution in [1.29, 1.82) is 0 Å². The van der Waals surface area contributed by atoms with E-state index in [-0.39, 0.29) is 11.7 Å². The van der Waals surface area contributed by atoms with Crippen LogP contribution >= 0.6 is 0 Å². The number of pyridine rings is 2. The lowest BCUT2D eigenvalue weighted by atomic mass is 9.95. The van der Waals surface area contributed by atoms with E-state index in [0.29, 0.717) is 43.6 Å². The zero-order valence-electron chi connectivity index (χ0n) is 21.9. The number of benzene rings is 2. The van der Waals surface area contributed by atoms with Gasteiger partial charge in [-0.05, 0) is 47.5 Å². The van der Waals surface area contributed by atoms with Crippen LogP contribution in [0.25, 0.3) is 0 Å². The van der Waals surface area contributed by atoms with Crippen LogP contribution in [-0.4, -0.2) is 43.9 Å². The second-order valence-corrected chi connectivity index (χ2v) is 9.54. The van der Waals surface area contributed by atoms with Gasteiger partial charge in [-0.3, -0.25) is 4.79 Å². The minimum Gasteiger partial charge on any atom is -0.491 e. The summed E-state index contributed by atoms with van der Waals surface area (Å²) in [5, 5.41) is 3.47. The zero-order valence-corrected chi connectivity index (χ0v) is 21.9. The summed E-state index contributed by atoms with van der Waals surface area (Å²) in [7, 11) is 3.17. The number of hydrogen-bond acceptors (Lipinski definition) is 8. The van der Waals surface area contributed by atoms with E-state index >= 15 is 0 Å². The van der Waals surface area contributed by atoms with E-state index in [1.807, 2.05) is 36.4 Å². The molecular formula is C30H30N4O5. The van der Waals surface area contributed by atoms with Crippen LogP contribution in [0.3, 0.4) is 0 Å². The number of hydrogen-bond donors (Lipinski definition) is 2. The standard InChI is InChI=1S/C30H30N4O5/c1-36-26-13-19(17-33-30(26)37-2)16-32-22-8-9-25-21(15-22)14-20-5-3-6-23(28(20)39-25)27-18-34(11-12-38-27)24-7-4-10-31-29(24)35/h3-10,13,15,17,27,32H,11-12,14,16,18H2,1-2H3,(H,31,35). The third-order valence-corrected chi connectivity index (χ3v) is 7.12. The van der Waals surface area contributed by atoms with Gasteiger partial charge in [-0.1, -0.05) is 18.2 Å². The predicted molar refractivity (Wildman–Crippen MR) is 148 cm³/mol. The van der Waals surface area contributed by atoms with Gasteiger partial charge >= 0.3 is 0 Å². The Morgan fingerprint density at radius 1 is 1.10 bits per heavy atom. The Balaban J connectivity index is 1.18. The number of fused-ring (bicyclic) bond motifs is 2. The van der Waals surface area contributed by atoms with E-state index in [4.69, 9.17) is 18.9 Å². The average Bonchev–Trinajstić information content (AvgIpc) is 2.98. The molecule has 9 nitrogen and oxygen atoms in total. The van der Waals surface area contributed by atoms with E-state index in [2.05, 4.69) is 38.4 Å². The SMILES string of the molecule is COc1cc(CNc2ccc3c(c2)Cc2cccc(C4CN(c5ccc[nH]c5=O)CCO4)c2O3)cnc1OC. The van der Waals surface area contributed by atoms with Crippen LogP contribution < -0.4 is 30.0 Å². The summed E-state index contributed by atoms with van der Waals surface area (Å²) in [4.78, 5) is 21.5. The second-order valence-electron chi connectivity index (χ2n) is 9.54. The number of para-hydroxylation sites is 1. The van der Waals surface area contributed by atoms with E-state index in [1.165, 1.54) is 0 Å². The lowest BCUT2D eigenvalue weighted by Crippen LogP contribution is -2.41. The molecule has 1 fully saturated rings. The Morgan fingerprint density at radius 2 is 2.03 bits per heavy atom. The molecule has 2 N–H and O–H groups in total. The van der Waals surface area contributed by atoms with Gasteiger partial charge in [0.15, 0.2) is 5.75 Å². The molecule has 4 aromatic rings. The fourth-order valence-electron chi connectivity index (χ4n) is 5.16. The highest BCUT2D eigenvalue weighted by molar-refractivity contribution is 5.59. The van der Waals surface area contributed by atoms with Crippen molar-refractivity contribution in [3.8, 4) is 23.1 Å². The maximum Gasteiger partial charge on any atom is 0.271 e. The number of ether oxygens (including phenoxy) is 4. The highest BCUT2D eigenvalue weighted by atomic mass is 16.5. The lowest BCUT2D eigenvalue weighted by Gasteiger charge is -2.35. The number of aromatic nitrogens is 2. The highest BCUT2D eigenvalue weighted by Crippen LogP contribution is 2.43. The van der Waals surface area contributed by atoms with Gasteiger partial charge in [-0.15, -0.1) is 0 Å². The van der Waals surface area contributed by atoms with E-state index in [0.717, 1.165) is 45.9 Å². The monoisotopic (exact) mass is 526 g/mol. The third kappa shape index (κ3) is 5.00. The Bertz CT molecular complexity index is 1550. The van der Waals surface area contributed by atoms with Crippen LogP contribution in [0.15, 0.2) is 71.8 Å². The number of aromatic amines is 1. The summed E-state index contributed by atoms with van der Waals surface area (Å²) in [5.41, 5.74) is 5.76. The molecule has 0 spiro atoms. The molecule has 2 aromatic heterocycles. The summed E-state index contributed by atoms with van der Waals surface area (Å²) in [6.45, 7) is 2.36. The molecule has 0 saturated carbocycles. The van der Waals surface area contributed by atoms with Gasteiger partial charge in [0.05, 0.1) is 20.8 Å². The Kier molecular flexibility index (Phi) is 6.81. The summed E-state index contributed by atoms with van der Waals surface area (Å²) in [6.07, 6.45) is 3.97. The molecule has 1 unspecified atom stereocenters. The smallest absolute Gasteiger partial charge is 0.271 e. The Hall–Kier alpha value is -4.50. The van der Waals surface area contributed by atoms with Crippen LogP contribution in [0.5, 0.6) is 23.1 Å². The highest BCUT2D eigenvalue weighted by Gasteiger charge is 2.29. The van der Waals surface area contributed by atoms with Crippen molar-refractivity contribution in [3.05, 3.63) is 99.6 Å². The molecule has 1 atom stereocenters. The van der Waals surface area contributed by atoms with Crippen molar-refractivity contribution in [3.63, 3.8) is 0 Å². The largest absolute Gasteiger partial charge is 0.491 e. The Morgan fingerprint density at radius 3 is 2.87 bits per heavy atom. The molecule has 39 heavy (non-hydrogen) atoms. The normalized spacial score (nSPS) is 16.1. The predicted octanol–water partition coefficient (Wildman–Crippen LogP) is 4.67. The molecule has 2 aliphatic heterocycles. The zero-order chi connectivity index (χ0) is 26.8.